The summed E-state index contributed by atoms with van der Waals surface area (Å²) in [4.78, 5) is 32.6. The Kier molecular flexibility index (Phi) is 2.89. The van der Waals surface area contributed by atoms with E-state index >= 15 is 0 Å². The molecule has 0 spiro atoms. The predicted molar refractivity (Wildman–Crippen MR) is 107 cm³/mol. The van der Waals surface area contributed by atoms with Crippen molar-refractivity contribution in [3.63, 3.8) is 0 Å². The Bertz CT molecular complexity index is 1490. The summed E-state index contributed by atoms with van der Waals surface area (Å²) in [6, 6.07) is 15.1. The highest BCUT2D eigenvalue weighted by molar-refractivity contribution is 6.03. The van der Waals surface area contributed by atoms with Gasteiger partial charge in [0.1, 0.15) is 0 Å². The monoisotopic (exact) mass is 340 g/mol. The first kappa shape index (κ1) is 14.9. The number of nitrogens with one attached hydrogen (secondary N) is 2. The lowest BCUT2D eigenvalue weighted by atomic mass is 10.0. The molecule has 2 heterocycles. The van der Waals surface area contributed by atoms with Gasteiger partial charge in [-0.15, -0.1) is 0 Å². The number of rotatable bonds is 0. The van der Waals surface area contributed by atoms with Crippen LogP contribution in [0.5, 0.6) is 0 Å². The fraction of sp³-hybridized carbons (Fsp3) is 0.0909. The van der Waals surface area contributed by atoms with Gasteiger partial charge in [-0.2, -0.15) is 0 Å². The second-order valence-electron chi connectivity index (χ2n) is 6.90. The largest absolute Gasteiger partial charge is 0.354 e. The summed E-state index contributed by atoms with van der Waals surface area (Å²) in [7, 11) is 0. The lowest BCUT2D eigenvalue weighted by Gasteiger charge is -2.08. The first-order valence-corrected chi connectivity index (χ1v) is 8.54. The standard InChI is InChI=1S/C22H16N2O2/c1-11-6-7-16-13(8-11)21(25)14-9-19-15(10-18(14)23-16)22(26)20-12(2)4-3-5-17(20)24-19/h3-10H,1-2H3,(H,23,25)(H,24,26). The molecule has 0 amide bonds. The van der Waals surface area contributed by atoms with E-state index < -0.39 is 0 Å². The molecule has 0 atom stereocenters. The van der Waals surface area contributed by atoms with Gasteiger partial charge in [0.2, 0.25) is 0 Å². The minimum atomic E-state index is -0.0236. The number of H-pyrrole nitrogens is 2. The highest BCUT2D eigenvalue weighted by Gasteiger charge is 2.12. The minimum absolute atomic E-state index is 0.0152. The molecule has 0 saturated heterocycles. The molecule has 0 aliphatic carbocycles. The van der Waals surface area contributed by atoms with Crippen LogP contribution in [0, 0.1) is 13.8 Å². The van der Waals surface area contributed by atoms with Gasteiger partial charge in [-0.1, -0.05) is 23.8 Å². The van der Waals surface area contributed by atoms with Gasteiger partial charge >= 0.3 is 0 Å². The highest BCUT2D eigenvalue weighted by atomic mass is 16.1. The number of aromatic amines is 2. The van der Waals surface area contributed by atoms with Crippen molar-refractivity contribution >= 4 is 43.6 Å². The van der Waals surface area contributed by atoms with Crippen LogP contribution in [0.25, 0.3) is 43.6 Å². The van der Waals surface area contributed by atoms with Gasteiger partial charge in [0, 0.05) is 27.1 Å². The maximum atomic E-state index is 13.0. The molecule has 2 aromatic heterocycles. The molecule has 3 aromatic carbocycles. The zero-order chi connectivity index (χ0) is 18.0. The molecule has 26 heavy (non-hydrogen) atoms. The number of fused-ring (bicyclic) bond motifs is 4. The highest BCUT2D eigenvalue weighted by Crippen LogP contribution is 2.22. The average molecular weight is 340 g/mol. The molecular formula is C22H16N2O2. The molecule has 0 bridgehead atoms. The van der Waals surface area contributed by atoms with Crippen LogP contribution in [0.15, 0.2) is 58.1 Å². The lowest BCUT2D eigenvalue weighted by Crippen LogP contribution is -2.09. The second-order valence-corrected chi connectivity index (χ2v) is 6.90. The molecule has 0 unspecified atom stereocenters. The molecule has 0 aliphatic heterocycles. The zero-order valence-electron chi connectivity index (χ0n) is 14.4. The van der Waals surface area contributed by atoms with Crippen LogP contribution in [0.4, 0.5) is 0 Å². The van der Waals surface area contributed by atoms with E-state index in [2.05, 4.69) is 9.97 Å². The second kappa shape index (κ2) is 5.05. The Hall–Kier alpha value is -3.40. The maximum Gasteiger partial charge on any atom is 0.197 e. The van der Waals surface area contributed by atoms with Crippen molar-refractivity contribution in [1.82, 2.24) is 9.97 Å². The molecule has 2 N–H and O–H groups in total. The zero-order valence-corrected chi connectivity index (χ0v) is 14.4. The van der Waals surface area contributed by atoms with Gasteiger partial charge in [0.15, 0.2) is 10.9 Å². The van der Waals surface area contributed by atoms with Crippen molar-refractivity contribution in [1.29, 1.82) is 0 Å². The number of hydrogen-bond acceptors (Lipinski definition) is 2. The average Bonchev–Trinajstić information content (AvgIpc) is 2.62. The molecule has 5 rings (SSSR count). The normalized spacial score (nSPS) is 11.8. The summed E-state index contributed by atoms with van der Waals surface area (Å²) >= 11 is 0. The van der Waals surface area contributed by atoms with Gasteiger partial charge in [-0.05, 0) is 49.7 Å². The van der Waals surface area contributed by atoms with Crippen LogP contribution in [-0.4, -0.2) is 9.97 Å². The third-order valence-corrected chi connectivity index (χ3v) is 5.11. The Morgan fingerprint density at radius 2 is 1.31 bits per heavy atom. The summed E-state index contributed by atoms with van der Waals surface area (Å²) in [5, 5.41) is 2.52. The fourth-order valence-electron chi connectivity index (χ4n) is 3.78. The van der Waals surface area contributed by atoms with Crippen LogP contribution < -0.4 is 10.9 Å². The van der Waals surface area contributed by atoms with Crippen molar-refractivity contribution in [2.24, 2.45) is 0 Å². The Morgan fingerprint density at radius 1 is 0.654 bits per heavy atom. The van der Waals surface area contributed by atoms with Crippen LogP contribution in [0.1, 0.15) is 11.1 Å². The smallest absolute Gasteiger partial charge is 0.197 e. The number of hydrogen-bond donors (Lipinski definition) is 2. The maximum absolute atomic E-state index is 13.0. The van der Waals surface area contributed by atoms with E-state index in [4.69, 9.17) is 0 Å². The van der Waals surface area contributed by atoms with Crippen LogP contribution >= 0.6 is 0 Å². The summed E-state index contributed by atoms with van der Waals surface area (Å²) in [6.45, 7) is 3.90. The van der Waals surface area contributed by atoms with Gasteiger partial charge in [-0.25, -0.2) is 0 Å². The molecule has 126 valence electrons. The first-order chi connectivity index (χ1) is 12.5. The van der Waals surface area contributed by atoms with E-state index in [1.165, 1.54) is 0 Å². The molecule has 0 aliphatic rings. The quantitative estimate of drug-likeness (QED) is 0.413. The van der Waals surface area contributed by atoms with E-state index in [-0.39, 0.29) is 10.9 Å². The minimum Gasteiger partial charge on any atom is -0.354 e. The SMILES string of the molecule is Cc1ccc2[nH]c3cc4c(=O)c5c(C)cccc5[nH]c4cc3c(=O)c2c1. The Labute approximate surface area is 148 Å². The van der Waals surface area contributed by atoms with Crippen LogP contribution in [0.2, 0.25) is 0 Å². The number of benzene rings is 3. The van der Waals surface area contributed by atoms with Crippen molar-refractivity contribution in [2.75, 3.05) is 0 Å². The van der Waals surface area contributed by atoms with Gasteiger partial charge in [0.05, 0.1) is 16.6 Å². The molecule has 4 heteroatoms. The number of aromatic nitrogens is 2. The molecule has 0 saturated carbocycles. The lowest BCUT2D eigenvalue weighted by molar-refractivity contribution is 1.42. The fourth-order valence-corrected chi connectivity index (χ4v) is 3.78. The van der Waals surface area contributed by atoms with Crippen molar-refractivity contribution < 1.29 is 0 Å². The van der Waals surface area contributed by atoms with Crippen molar-refractivity contribution in [2.45, 2.75) is 13.8 Å². The predicted octanol–water partition coefficient (Wildman–Crippen LogP) is 4.29. The molecule has 0 radical (unpaired) electrons. The van der Waals surface area contributed by atoms with Crippen molar-refractivity contribution in [3.8, 4) is 0 Å². The number of aryl methyl sites for hydroxylation is 2. The summed E-state index contributed by atoms with van der Waals surface area (Å²) in [5.41, 5.74) is 4.86. The van der Waals surface area contributed by atoms with E-state index in [0.717, 1.165) is 22.2 Å². The van der Waals surface area contributed by atoms with E-state index in [9.17, 15) is 9.59 Å². The van der Waals surface area contributed by atoms with Crippen molar-refractivity contribution in [3.05, 3.63) is 80.1 Å². The Balaban J connectivity index is 2.02. The summed E-state index contributed by atoms with van der Waals surface area (Å²) in [5.74, 6) is 0. The van der Waals surface area contributed by atoms with Crippen LogP contribution in [0.3, 0.4) is 0 Å². The van der Waals surface area contributed by atoms with Gasteiger partial charge in [-0.3, -0.25) is 9.59 Å². The van der Waals surface area contributed by atoms with E-state index in [1.54, 1.807) is 12.1 Å². The third kappa shape index (κ3) is 1.96. The van der Waals surface area contributed by atoms with E-state index in [1.807, 2.05) is 50.2 Å². The summed E-state index contributed by atoms with van der Waals surface area (Å²) < 4.78 is 0. The third-order valence-electron chi connectivity index (χ3n) is 5.11. The molecule has 5 aromatic rings. The molecular weight excluding hydrogens is 324 g/mol. The summed E-state index contributed by atoms with van der Waals surface area (Å²) in [6.07, 6.45) is 0. The van der Waals surface area contributed by atoms with Gasteiger partial charge < -0.3 is 9.97 Å². The van der Waals surface area contributed by atoms with E-state index in [0.29, 0.717) is 32.6 Å². The first-order valence-electron chi connectivity index (χ1n) is 8.54. The number of pyridine rings is 2. The topological polar surface area (TPSA) is 65.7 Å². The molecule has 0 fully saturated rings. The Morgan fingerprint density at radius 3 is 2.08 bits per heavy atom. The van der Waals surface area contributed by atoms with Gasteiger partial charge in [0.25, 0.3) is 0 Å². The van der Waals surface area contributed by atoms with Crippen LogP contribution in [-0.2, 0) is 0 Å². The molecule has 4 nitrogen and oxygen atoms in total.